The molecule has 3 aromatic rings. The Morgan fingerprint density at radius 2 is 1.92 bits per heavy atom. The van der Waals surface area contributed by atoms with Gasteiger partial charge in [0.15, 0.2) is 0 Å². The van der Waals surface area contributed by atoms with E-state index in [2.05, 4.69) is 20.6 Å². The molecule has 2 heterocycles. The molecule has 0 saturated carbocycles. The molecule has 26 heavy (non-hydrogen) atoms. The minimum atomic E-state index is -0.503. The number of anilines is 1. The average molecular weight is 350 g/mol. The van der Waals surface area contributed by atoms with Crippen molar-refractivity contribution in [2.45, 2.75) is 26.8 Å². The zero-order valence-corrected chi connectivity index (χ0v) is 14.7. The minimum Gasteiger partial charge on any atom is -0.322 e. The van der Waals surface area contributed by atoms with Gasteiger partial charge in [0.2, 0.25) is 0 Å². The summed E-state index contributed by atoms with van der Waals surface area (Å²) in [6, 6.07) is 8.37. The molecule has 0 spiro atoms. The lowest BCUT2D eigenvalue weighted by molar-refractivity contribution is 0.102. The number of rotatable bonds is 2. The van der Waals surface area contributed by atoms with Crippen LogP contribution in [0.3, 0.4) is 0 Å². The monoisotopic (exact) mass is 350 g/mol. The summed E-state index contributed by atoms with van der Waals surface area (Å²) in [7, 11) is 0. The smallest absolute Gasteiger partial charge is 0.258 e. The van der Waals surface area contributed by atoms with E-state index in [0.717, 1.165) is 30.9 Å². The van der Waals surface area contributed by atoms with Crippen LogP contribution < -0.4 is 10.6 Å². The molecule has 0 atom stereocenters. The predicted octanol–water partition coefficient (Wildman–Crippen LogP) is 3.28. The minimum absolute atomic E-state index is 0.190. The van der Waals surface area contributed by atoms with Gasteiger partial charge in [-0.25, -0.2) is 14.4 Å². The van der Waals surface area contributed by atoms with Crippen LogP contribution in [0.15, 0.2) is 30.3 Å². The third-order valence-corrected chi connectivity index (χ3v) is 4.74. The summed E-state index contributed by atoms with van der Waals surface area (Å²) in [6.45, 7) is 5.40. The molecule has 0 fully saturated rings. The molecule has 0 unspecified atom stereocenters. The predicted molar refractivity (Wildman–Crippen MR) is 98.8 cm³/mol. The Hall–Kier alpha value is -2.86. The first-order valence-electron chi connectivity index (χ1n) is 8.59. The summed E-state index contributed by atoms with van der Waals surface area (Å²) >= 11 is 0. The Bertz CT molecular complexity index is 1030. The Labute approximate surface area is 150 Å². The van der Waals surface area contributed by atoms with Gasteiger partial charge in [0.25, 0.3) is 5.91 Å². The molecule has 0 aliphatic carbocycles. The highest BCUT2D eigenvalue weighted by Gasteiger charge is 2.17. The zero-order chi connectivity index (χ0) is 18.3. The SMILES string of the molecule is Cc1nc2cc(F)cc(C(=O)Nc3ccc4c(c3)CCNC4)c2nc1C. The number of hydrogen-bond acceptors (Lipinski definition) is 4. The van der Waals surface area contributed by atoms with Crippen molar-refractivity contribution in [2.75, 3.05) is 11.9 Å². The first-order chi connectivity index (χ1) is 12.5. The molecule has 6 heteroatoms. The van der Waals surface area contributed by atoms with Crippen LogP contribution in [0.4, 0.5) is 10.1 Å². The van der Waals surface area contributed by atoms with Crippen LogP contribution in [0.5, 0.6) is 0 Å². The lowest BCUT2D eigenvalue weighted by Gasteiger charge is -2.18. The molecule has 4 rings (SSSR count). The van der Waals surface area contributed by atoms with Gasteiger partial charge in [-0.15, -0.1) is 0 Å². The first-order valence-corrected chi connectivity index (χ1v) is 8.59. The maximum absolute atomic E-state index is 14.0. The molecule has 5 nitrogen and oxygen atoms in total. The van der Waals surface area contributed by atoms with Crippen LogP contribution in [0.25, 0.3) is 11.0 Å². The van der Waals surface area contributed by atoms with Crippen molar-refractivity contribution in [2.24, 2.45) is 0 Å². The second-order valence-corrected chi connectivity index (χ2v) is 6.58. The molecule has 132 valence electrons. The number of hydrogen-bond donors (Lipinski definition) is 2. The van der Waals surface area contributed by atoms with Crippen LogP contribution >= 0.6 is 0 Å². The third kappa shape index (κ3) is 3.04. The molecule has 1 aliphatic rings. The van der Waals surface area contributed by atoms with Crippen molar-refractivity contribution in [3.63, 3.8) is 0 Å². The summed E-state index contributed by atoms with van der Waals surface area (Å²) < 4.78 is 14.0. The molecule has 0 saturated heterocycles. The number of aromatic nitrogens is 2. The van der Waals surface area contributed by atoms with Gasteiger partial charge in [-0.05, 0) is 56.1 Å². The Morgan fingerprint density at radius 1 is 1.12 bits per heavy atom. The number of carbonyl (C=O) groups excluding carboxylic acids is 1. The van der Waals surface area contributed by atoms with Crippen molar-refractivity contribution in [3.8, 4) is 0 Å². The van der Waals surface area contributed by atoms with E-state index in [9.17, 15) is 9.18 Å². The van der Waals surface area contributed by atoms with Gasteiger partial charge in [0.1, 0.15) is 11.3 Å². The Morgan fingerprint density at radius 3 is 2.77 bits per heavy atom. The quantitative estimate of drug-likeness (QED) is 0.744. The molecule has 1 aliphatic heterocycles. The maximum Gasteiger partial charge on any atom is 0.258 e. The molecule has 0 bridgehead atoms. The lowest BCUT2D eigenvalue weighted by atomic mass is 10.0. The first kappa shape index (κ1) is 16.6. The van der Waals surface area contributed by atoms with Gasteiger partial charge >= 0.3 is 0 Å². The van der Waals surface area contributed by atoms with Crippen LogP contribution in [0.1, 0.15) is 32.9 Å². The van der Waals surface area contributed by atoms with Gasteiger partial charge in [0.05, 0.1) is 22.5 Å². The van der Waals surface area contributed by atoms with Crippen molar-refractivity contribution in [3.05, 3.63) is 64.2 Å². The number of benzene rings is 2. The fraction of sp³-hybridized carbons (Fsp3) is 0.250. The molecule has 1 aromatic heterocycles. The van der Waals surface area contributed by atoms with E-state index < -0.39 is 5.82 Å². The highest BCUT2D eigenvalue weighted by Crippen LogP contribution is 2.23. The number of nitrogens with one attached hydrogen (secondary N) is 2. The average Bonchev–Trinajstić information content (AvgIpc) is 2.62. The highest BCUT2D eigenvalue weighted by atomic mass is 19.1. The van der Waals surface area contributed by atoms with Crippen molar-refractivity contribution in [1.82, 2.24) is 15.3 Å². The van der Waals surface area contributed by atoms with Gasteiger partial charge in [0, 0.05) is 18.3 Å². The van der Waals surface area contributed by atoms with E-state index in [-0.39, 0.29) is 11.5 Å². The second kappa shape index (κ2) is 6.46. The maximum atomic E-state index is 14.0. The van der Waals surface area contributed by atoms with Crippen molar-refractivity contribution in [1.29, 1.82) is 0 Å². The fourth-order valence-corrected chi connectivity index (χ4v) is 3.22. The number of carbonyl (C=O) groups is 1. The van der Waals surface area contributed by atoms with Gasteiger partial charge in [-0.2, -0.15) is 0 Å². The van der Waals surface area contributed by atoms with Gasteiger partial charge in [-0.3, -0.25) is 4.79 Å². The van der Waals surface area contributed by atoms with E-state index >= 15 is 0 Å². The molecule has 2 aromatic carbocycles. The number of amides is 1. The third-order valence-electron chi connectivity index (χ3n) is 4.74. The summed E-state index contributed by atoms with van der Waals surface area (Å²) in [5.41, 5.74) is 5.58. The van der Waals surface area contributed by atoms with E-state index in [4.69, 9.17) is 0 Å². The van der Waals surface area contributed by atoms with Crippen molar-refractivity contribution >= 4 is 22.6 Å². The highest BCUT2D eigenvalue weighted by molar-refractivity contribution is 6.11. The number of aryl methyl sites for hydroxylation is 2. The second-order valence-electron chi connectivity index (χ2n) is 6.58. The zero-order valence-electron chi connectivity index (χ0n) is 14.7. The van der Waals surface area contributed by atoms with E-state index in [1.165, 1.54) is 23.3 Å². The molecule has 1 amide bonds. The van der Waals surface area contributed by atoms with Crippen LogP contribution in [0, 0.1) is 19.7 Å². The summed E-state index contributed by atoms with van der Waals surface area (Å²) in [6.07, 6.45) is 0.923. The van der Waals surface area contributed by atoms with Crippen LogP contribution in [-0.2, 0) is 13.0 Å². The summed E-state index contributed by atoms with van der Waals surface area (Å²) in [5.74, 6) is -0.891. The number of fused-ring (bicyclic) bond motifs is 2. The van der Waals surface area contributed by atoms with Gasteiger partial charge < -0.3 is 10.6 Å². The normalized spacial score (nSPS) is 13.5. The standard InChI is InChI=1S/C20H19FN4O/c1-11-12(2)24-19-17(8-15(21)9-18(19)23-11)20(26)25-16-4-3-14-10-22-6-5-13(14)7-16/h3-4,7-9,22H,5-6,10H2,1-2H3,(H,25,26). The van der Waals surface area contributed by atoms with E-state index in [1.54, 1.807) is 0 Å². The van der Waals surface area contributed by atoms with Crippen LogP contribution in [0.2, 0.25) is 0 Å². The Balaban J connectivity index is 1.71. The van der Waals surface area contributed by atoms with E-state index in [1.807, 2.05) is 32.0 Å². The van der Waals surface area contributed by atoms with Gasteiger partial charge in [-0.1, -0.05) is 6.07 Å². The molecular weight excluding hydrogens is 331 g/mol. The summed E-state index contributed by atoms with van der Waals surface area (Å²) in [4.78, 5) is 21.6. The van der Waals surface area contributed by atoms with Crippen LogP contribution in [-0.4, -0.2) is 22.4 Å². The lowest BCUT2D eigenvalue weighted by Crippen LogP contribution is -2.23. The fourth-order valence-electron chi connectivity index (χ4n) is 3.22. The number of halogens is 1. The molecule has 2 N–H and O–H groups in total. The molecular formula is C20H19FN4O. The van der Waals surface area contributed by atoms with E-state index in [0.29, 0.717) is 16.7 Å². The summed E-state index contributed by atoms with van der Waals surface area (Å²) in [5, 5.41) is 6.19. The Kier molecular flexibility index (Phi) is 4.12. The topological polar surface area (TPSA) is 66.9 Å². The largest absolute Gasteiger partial charge is 0.322 e. The van der Waals surface area contributed by atoms with Crippen molar-refractivity contribution < 1.29 is 9.18 Å². The number of nitrogens with zero attached hydrogens (tertiary/aromatic N) is 2. The molecule has 0 radical (unpaired) electrons.